The van der Waals surface area contributed by atoms with Crippen LogP contribution in [0.15, 0.2) is 53.5 Å². The molecule has 0 spiro atoms. The van der Waals surface area contributed by atoms with Crippen LogP contribution in [0.5, 0.6) is 0 Å². The standard InChI is InChI=1S/C22H29F2N3O2/c1-4-25-22(27-15(2)20-11-10-18(23)12-21(20)24)26-13-19(28)14-29-16(3)17-8-6-5-7-9-17/h5-12,15-16,19,28H,4,13-14H2,1-3H3,(H2,25,26,27). The van der Waals surface area contributed by atoms with Crippen molar-refractivity contribution in [2.24, 2.45) is 4.99 Å². The van der Waals surface area contributed by atoms with Gasteiger partial charge in [0.05, 0.1) is 31.4 Å². The fourth-order valence-electron chi connectivity index (χ4n) is 2.78. The Balaban J connectivity index is 1.90. The van der Waals surface area contributed by atoms with Gasteiger partial charge in [0.2, 0.25) is 0 Å². The van der Waals surface area contributed by atoms with Gasteiger partial charge in [-0.3, -0.25) is 4.99 Å². The molecule has 0 radical (unpaired) electrons. The smallest absolute Gasteiger partial charge is 0.191 e. The second-order valence-electron chi connectivity index (χ2n) is 6.79. The summed E-state index contributed by atoms with van der Waals surface area (Å²) in [6, 6.07) is 12.8. The first-order valence-corrected chi connectivity index (χ1v) is 9.75. The van der Waals surface area contributed by atoms with Crippen molar-refractivity contribution < 1.29 is 18.6 Å². The van der Waals surface area contributed by atoms with Crippen LogP contribution in [0.4, 0.5) is 8.78 Å². The first-order valence-electron chi connectivity index (χ1n) is 9.75. The van der Waals surface area contributed by atoms with Crippen LogP contribution in [0.3, 0.4) is 0 Å². The Morgan fingerprint density at radius 1 is 1.14 bits per heavy atom. The van der Waals surface area contributed by atoms with Gasteiger partial charge in [-0.05, 0) is 32.4 Å². The van der Waals surface area contributed by atoms with E-state index in [-0.39, 0.29) is 19.3 Å². The van der Waals surface area contributed by atoms with Crippen LogP contribution < -0.4 is 10.6 Å². The molecule has 0 saturated carbocycles. The minimum Gasteiger partial charge on any atom is -0.389 e. The van der Waals surface area contributed by atoms with Crippen molar-refractivity contribution in [3.8, 4) is 0 Å². The molecule has 0 heterocycles. The topological polar surface area (TPSA) is 65.9 Å². The molecule has 29 heavy (non-hydrogen) atoms. The second-order valence-corrected chi connectivity index (χ2v) is 6.79. The van der Waals surface area contributed by atoms with Crippen molar-refractivity contribution in [1.29, 1.82) is 0 Å². The monoisotopic (exact) mass is 405 g/mol. The molecule has 0 bridgehead atoms. The van der Waals surface area contributed by atoms with E-state index < -0.39 is 23.8 Å². The average molecular weight is 405 g/mol. The Kier molecular flexibility index (Phi) is 9.02. The number of nitrogens with one attached hydrogen (secondary N) is 2. The van der Waals surface area contributed by atoms with E-state index in [1.807, 2.05) is 44.2 Å². The summed E-state index contributed by atoms with van der Waals surface area (Å²) < 4.78 is 32.8. The van der Waals surface area contributed by atoms with E-state index in [4.69, 9.17) is 4.74 Å². The van der Waals surface area contributed by atoms with E-state index in [9.17, 15) is 13.9 Å². The van der Waals surface area contributed by atoms with Gasteiger partial charge in [-0.2, -0.15) is 0 Å². The van der Waals surface area contributed by atoms with E-state index >= 15 is 0 Å². The Morgan fingerprint density at radius 3 is 2.52 bits per heavy atom. The number of aliphatic hydroxyl groups excluding tert-OH is 1. The van der Waals surface area contributed by atoms with Crippen LogP contribution in [0.2, 0.25) is 0 Å². The molecule has 0 amide bonds. The molecule has 0 saturated heterocycles. The van der Waals surface area contributed by atoms with Gasteiger partial charge in [0, 0.05) is 18.2 Å². The Bertz CT molecular complexity index is 787. The van der Waals surface area contributed by atoms with Gasteiger partial charge in [-0.15, -0.1) is 0 Å². The number of hydrogen-bond acceptors (Lipinski definition) is 3. The number of halogens is 2. The summed E-state index contributed by atoms with van der Waals surface area (Å²) >= 11 is 0. The zero-order chi connectivity index (χ0) is 21.2. The molecular formula is C22H29F2N3O2. The SMILES string of the molecule is CCNC(=NCC(O)COC(C)c1ccccc1)NC(C)c1ccc(F)cc1F. The van der Waals surface area contributed by atoms with Gasteiger partial charge in [0.15, 0.2) is 5.96 Å². The van der Waals surface area contributed by atoms with Gasteiger partial charge in [-0.25, -0.2) is 8.78 Å². The summed E-state index contributed by atoms with van der Waals surface area (Å²) in [4.78, 5) is 4.34. The Hall–Kier alpha value is -2.51. The maximum atomic E-state index is 14.0. The minimum atomic E-state index is -0.783. The van der Waals surface area contributed by atoms with Crippen LogP contribution in [0.1, 0.15) is 44.0 Å². The second kappa shape index (κ2) is 11.5. The highest BCUT2D eigenvalue weighted by Crippen LogP contribution is 2.18. The van der Waals surface area contributed by atoms with Crippen LogP contribution >= 0.6 is 0 Å². The third-order valence-corrected chi connectivity index (χ3v) is 4.39. The zero-order valence-corrected chi connectivity index (χ0v) is 17.0. The highest BCUT2D eigenvalue weighted by atomic mass is 19.1. The fraction of sp³-hybridized carbons (Fsp3) is 0.409. The number of guanidine groups is 1. The molecule has 0 aliphatic carbocycles. The lowest BCUT2D eigenvalue weighted by Gasteiger charge is -2.20. The number of aliphatic imine (C=N–C) groups is 1. The van der Waals surface area contributed by atoms with Crippen molar-refractivity contribution in [3.05, 3.63) is 71.3 Å². The number of nitrogens with zero attached hydrogens (tertiary/aromatic N) is 1. The van der Waals surface area contributed by atoms with E-state index in [1.165, 1.54) is 12.1 Å². The van der Waals surface area contributed by atoms with Crippen molar-refractivity contribution in [3.63, 3.8) is 0 Å². The molecule has 0 aromatic heterocycles. The number of benzene rings is 2. The molecule has 3 N–H and O–H groups in total. The van der Waals surface area contributed by atoms with Crippen LogP contribution in [-0.2, 0) is 4.74 Å². The molecule has 2 aromatic carbocycles. The molecule has 0 aliphatic rings. The Morgan fingerprint density at radius 2 is 1.86 bits per heavy atom. The van der Waals surface area contributed by atoms with Crippen molar-refractivity contribution in [2.45, 2.75) is 39.0 Å². The van der Waals surface area contributed by atoms with Gasteiger partial charge in [0.25, 0.3) is 0 Å². The lowest BCUT2D eigenvalue weighted by molar-refractivity contribution is 0.00111. The zero-order valence-electron chi connectivity index (χ0n) is 17.0. The molecule has 5 nitrogen and oxygen atoms in total. The number of hydrogen-bond donors (Lipinski definition) is 3. The third kappa shape index (κ3) is 7.44. The highest BCUT2D eigenvalue weighted by Gasteiger charge is 2.14. The van der Waals surface area contributed by atoms with Crippen molar-refractivity contribution in [2.75, 3.05) is 19.7 Å². The minimum absolute atomic E-state index is 0.120. The lowest BCUT2D eigenvalue weighted by atomic mass is 10.1. The summed E-state index contributed by atoms with van der Waals surface area (Å²) in [6.07, 6.45) is -0.919. The van der Waals surface area contributed by atoms with Crippen LogP contribution in [-0.4, -0.2) is 36.9 Å². The van der Waals surface area contributed by atoms with Gasteiger partial charge in [-0.1, -0.05) is 36.4 Å². The molecule has 0 aliphatic heterocycles. The predicted molar refractivity (Wildman–Crippen MR) is 111 cm³/mol. The van der Waals surface area contributed by atoms with E-state index in [1.54, 1.807) is 6.92 Å². The lowest BCUT2D eigenvalue weighted by Crippen LogP contribution is -2.39. The normalized spacial score (nSPS) is 14.9. The fourth-order valence-corrected chi connectivity index (χ4v) is 2.78. The van der Waals surface area contributed by atoms with Crippen LogP contribution in [0.25, 0.3) is 0 Å². The predicted octanol–water partition coefficient (Wildman–Crippen LogP) is 3.72. The first-order chi connectivity index (χ1) is 13.9. The molecule has 3 atom stereocenters. The van der Waals surface area contributed by atoms with Gasteiger partial charge < -0.3 is 20.5 Å². The maximum absolute atomic E-state index is 14.0. The van der Waals surface area contributed by atoms with Gasteiger partial charge in [0.1, 0.15) is 11.6 Å². The number of rotatable bonds is 9. The molecular weight excluding hydrogens is 376 g/mol. The largest absolute Gasteiger partial charge is 0.389 e. The van der Waals surface area contributed by atoms with Crippen molar-refractivity contribution in [1.82, 2.24) is 10.6 Å². The van der Waals surface area contributed by atoms with E-state index in [0.717, 1.165) is 11.6 Å². The summed E-state index contributed by atoms with van der Waals surface area (Å²) in [5.41, 5.74) is 1.37. The summed E-state index contributed by atoms with van der Waals surface area (Å²) in [5.74, 6) is -0.810. The molecule has 158 valence electrons. The van der Waals surface area contributed by atoms with Crippen LogP contribution in [0, 0.1) is 11.6 Å². The quantitative estimate of drug-likeness (QED) is 0.439. The summed E-state index contributed by atoms with van der Waals surface area (Å²) in [7, 11) is 0. The first kappa shape index (κ1) is 22.8. The van der Waals surface area contributed by atoms with Gasteiger partial charge >= 0.3 is 0 Å². The maximum Gasteiger partial charge on any atom is 0.191 e. The summed E-state index contributed by atoms with van der Waals surface area (Å²) in [5, 5.41) is 16.3. The van der Waals surface area contributed by atoms with E-state index in [0.29, 0.717) is 18.1 Å². The summed E-state index contributed by atoms with van der Waals surface area (Å²) in [6.45, 7) is 6.44. The number of aliphatic hydroxyl groups is 1. The highest BCUT2D eigenvalue weighted by molar-refractivity contribution is 5.80. The molecule has 7 heteroatoms. The average Bonchev–Trinajstić information content (AvgIpc) is 2.70. The molecule has 0 fully saturated rings. The molecule has 3 unspecified atom stereocenters. The number of ether oxygens (including phenoxy) is 1. The third-order valence-electron chi connectivity index (χ3n) is 4.39. The molecule has 2 rings (SSSR count). The Labute approximate surface area is 170 Å². The molecule has 2 aromatic rings. The van der Waals surface area contributed by atoms with Crippen molar-refractivity contribution >= 4 is 5.96 Å². The van der Waals surface area contributed by atoms with E-state index in [2.05, 4.69) is 15.6 Å².